The zero-order chi connectivity index (χ0) is 16.6. The summed E-state index contributed by atoms with van der Waals surface area (Å²) in [6, 6.07) is 11.0. The van der Waals surface area contributed by atoms with Crippen LogP contribution in [0, 0.1) is 0 Å². The van der Waals surface area contributed by atoms with Crippen LogP contribution in [0.25, 0.3) is 17.1 Å². The average molecular weight is 341 g/mol. The summed E-state index contributed by atoms with van der Waals surface area (Å²) >= 11 is 5.98. The van der Waals surface area contributed by atoms with E-state index in [-0.39, 0.29) is 10.9 Å². The van der Waals surface area contributed by atoms with E-state index in [0.717, 1.165) is 12.1 Å². The summed E-state index contributed by atoms with van der Waals surface area (Å²) in [6.45, 7) is 0. The van der Waals surface area contributed by atoms with Crippen molar-refractivity contribution in [1.82, 2.24) is 9.78 Å². The standard InChI is InChI=1S/C15H8ClF3N2O2/c16-11-7-3-1-5-9(11)13-20-21(14(22)23-13)12-8-4-2-6-10(12)15(17,18)19/h1-8H. The fraction of sp³-hybridized carbons (Fsp3) is 0.0667. The van der Waals surface area contributed by atoms with E-state index < -0.39 is 23.2 Å². The largest absolute Gasteiger partial charge is 0.442 e. The van der Waals surface area contributed by atoms with Crippen molar-refractivity contribution in [3.63, 3.8) is 0 Å². The molecule has 8 heteroatoms. The van der Waals surface area contributed by atoms with Crippen LogP contribution in [-0.2, 0) is 6.18 Å². The Morgan fingerprint density at radius 3 is 2.39 bits per heavy atom. The van der Waals surface area contributed by atoms with E-state index in [1.165, 1.54) is 12.1 Å². The Kier molecular flexibility index (Phi) is 3.73. The third-order valence-electron chi connectivity index (χ3n) is 3.09. The number of halogens is 4. The van der Waals surface area contributed by atoms with Crippen LogP contribution < -0.4 is 5.76 Å². The number of benzene rings is 2. The minimum absolute atomic E-state index is 0.155. The minimum atomic E-state index is -4.63. The van der Waals surface area contributed by atoms with E-state index in [1.807, 2.05) is 0 Å². The topological polar surface area (TPSA) is 48.0 Å². The second-order valence-electron chi connectivity index (χ2n) is 4.58. The first-order valence-electron chi connectivity index (χ1n) is 6.39. The van der Waals surface area contributed by atoms with Gasteiger partial charge < -0.3 is 4.42 Å². The lowest BCUT2D eigenvalue weighted by molar-refractivity contribution is -0.137. The van der Waals surface area contributed by atoms with Crippen LogP contribution in [0.3, 0.4) is 0 Å². The summed E-state index contributed by atoms with van der Waals surface area (Å²) < 4.78 is 44.7. The fourth-order valence-corrected chi connectivity index (χ4v) is 2.29. The van der Waals surface area contributed by atoms with E-state index in [4.69, 9.17) is 16.0 Å². The van der Waals surface area contributed by atoms with Crippen LogP contribution in [0.2, 0.25) is 5.02 Å². The van der Waals surface area contributed by atoms with Crippen molar-refractivity contribution in [3.8, 4) is 17.1 Å². The van der Waals surface area contributed by atoms with Gasteiger partial charge in [0.05, 0.1) is 21.8 Å². The second kappa shape index (κ2) is 5.58. The molecule has 2 aromatic carbocycles. The highest BCUT2D eigenvalue weighted by molar-refractivity contribution is 6.33. The predicted octanol–water partition coefficient (Wildman–Crippen LogP) is 4.16. The molecule has 0 amide bonds. The number of nitrogens with zero attached hydrogens (tertiary/aromatic N) is 2. The first kappa shape index (κ1) is 15.4. The molecular formula is C15H8ClF3N2O2. The lowest BCUT2D eigenvalue weighted by atomic mass is 10.2. The molecule has 0 radical (unpaired) electrons. The molecule has 0 aliphatic rings. The normalized spacial score (nSPS) is 11.7. The van der Waals surface area contributed by atoms with Gasteiger partial charge in [0, 0.05) is 0 Å². The summed E-state index contributed by atoms with van der Waals surface area (Å²) in [7, 11) is 0. The maximum Gasteiger partial charge on any atom is 0.442 e. The molecule has 0 unspecified atom stereocenters. The van der Waals surface area contributed by atoms with Crippen LogP contribution in [0.1, 0.15) is 5.56 Å². The molecule has 3 rings (SSSR count). The van der Waals surface area contributed by atoms with Gasteiger partial charge in [0.2, 0.25) is 0 Å². The Morgan fingerprint density at radius 2 is 1.70 bits per heavy atom. The Bertz CT molecular complexity index is 915. The van der Waals surface area contributed by atoms with Gasteiger partial charge in [-0.15, -0.1) is 5.10 Å². The van der Waals surface area contributed by atoms with Gasteiger partial charge in [-0.1, -0.05) is 35.9 Å². The maximum absolute atomic E-state index is 13.1. The summed E-state index contributed by atoms with van der Waals surface area (Å²) in [4.78, 5) is 11.9. The molecular weight excluding hydrogens is 333 g/mol. The lowest BCUT2D eigenvalue weighted by Crippen LogP contribution is -2.18. The number of hydrogen-bond acceptors (Lipinski definition) is 3. The molecule has 0 saturated heterocycles. The zero-order valence-corrected chi connectivity index (χ0v) is 12.1. The van der Waals surface area contributed by atoms with E-state index in [2.05, 4.69) is 5.10 Å². The van der Waals surface area contributed by atoms with Gasteiger partial charge in [-0.25, -0.2) is 4.79 Å². The van der Waals surface area contributed by atoms with Crippen LogP contribution in [0.5, 0.6) is 0 Å². The van der Waals surface area contributed by atoms with Gasteiger partial charge >= 0.3 is 11.9 Å². The highest BCUT2D eigenvalue weighted by Gasteiger charge is 2.34. The van der Waals surface area contributed by atoms with Crippen molar-refractivity contribution in [2.75, 3.05) is 0 Å². The third-order valence-corrected chi connectivity index (χ3v) is 3.42. The van der Waals surface area contributed by atoms with Gasteiger partial charge in [0.25, 0.3) is 5.89 Å². The summed E-state index contributed by atoms with van der Waals surface area (Å²) in [5.41, 5.74) is -1.08. The number of alkyl halides is 3. The van der Waals surface area contributed by atoms with Gasteiger partial charge in [-0.2, -0.15) is 17.9 Å². The van der Waals surface area contributed by atoms with Gasteiger partial charge in [0.1, 0.15) is 0 Å². The highest BCUT2D eigenvalue weighted by atomic mass is 35.5. The summed E-state index contributed by atoms with van der Waals surface area (Å²) in [6.07, 6.45) is -4.63. The lowest BCUT2D eigenvalue weighted by Gasteiger charge is -2.10. The molecule has 3 aromatic rings. The molecule has 23 heavy (non-hydrogen) atoms. The first-order chi connectivity index (χ1) is 10.9. The first-order valence-corrected chi connectivity index (χ1v) is 6.77. The third kappa shape index (κ3) is 2.87. The van der Waals surface area contributed by atoms with Crippen molar-refractivity contribution in [3.05, 3.63) is 69.7 Å². The average Bonchev–Trinajstić information content (AvgIpc) is 2.88. The minimum Gasteiger partial charge on any atom is -0.387 e. The summed E-state index contributed by atoms with van der Waals surface area (Å²) in [5.74, 6) is -1.19. The molecule has 0 spiro atoms. The van der Waals surface area contributed by atoms with Crippen LogP contribution in [0.4, 0.5) is 13.2 Å². The molecule has 1 heterocycles. The molecule has 0 atom stereocenters. The van der Waals surface area contributed by atoms with Crippen LogP contribution in [0.15, 0.2) is 57.7 Å². The smallest absolute Gasteiger partial charge is 0.387 e. The van der Waals surface area contributed by atoms with Gasteiger partial charge in [0.15, 0.2) is 0 Å². The quantitative estimate of drug-likeness (QED) is 0.703. The molecule has 0 aliphatic heterocycles. The Morgan fingerprint density at radius 1 is 1.04 bits per heavy atom. The fourth-order valence-electron chi connectivity index (χ4n) is 2.07. The molecule has 0 aliphatic carbocycles. The molecule has 0 bridgehead atoms. The Labute approximate surface area is 132 Å². The Balaban J connectivity index is 2.18. The van der Waals surface area contributed by atoms with Crippen molar-refractivity contribution < 1.29 is 17.6 Å². The Hall–Kier alpha value is -2.54. The van der Waals surface area contributed by atoms with Crippen molar-refractivity contribution in [2.45, 2.75) is 6.18 Å². The van der Waals surface area contributed by atoms with Gasteiger partial charge in [-0.05, 0) is 24.3 Å². The van der Waals surface area contributed by atoms with E-state index >= 15 is 0 Å². The molecule has 0 saturated carbocycles. The second-order valence-corrected chi connectivity index (χ2v) is 4.99. The van der Waals surface area contributed by atoms with E-state index in [9.17, 15) is 18.0 Å². The zero-order valence-electron chi connectivity index (χ0n) is 11.3. The monoisotopic (exact) mass is 340 g/mol. The molecule has 0 N–H and O–H groups in total. The SMILES string of the molecule is O=c1oc(-c2ccccc2Cl)nn1-c1ccccc1C(F)(F)F. The molecule has 4 nitrogen and oxygen atoms in total. The highest BCUT2D eigenvalue weighted by Crippen LogP contribution is 2.33. The van der Waals surface area contributed by atoms with Crippen molar-refractivity contribution in [2.24, 2.45) is 0 Å². The maximum atomic E-state index is 13.1. The molecule has 0 fully saturated rings. The van der Waals surface area contributed by atoms with Crippen molar-refractivity contribution >= 4 is 11.6 Å². The number of rotatable bonds is 2. The van der Waals surface area contributed by atoms with E-state index in [0.29, 0.717) is 10.2 Å². The molecule has 118 valence electrons. The predicted molar refractivity (Wildman–Crippen MR) is 77.5 cm³/mol. The number of hydrogen-bond donors (Lipinski definition) is 0. The number of aromatic nitrogens is 2. The van der Waals surface area contributed by atoms with Crippen molar-refractivity contribution in [1.29, 1.82) is 0 Å². The van der Waals surface area contributed by atoms with Crippen LogP contribution >= 0.6 is 11.6 Å². The molecule has 1 aromatic heterocycles. The number of para-hydroxylation sites is 1. The summed E-state index contributed by atoms with van der Waals surface area (Å²) in [5, 5.41) is 4.11. The van der Waals surface area contributed by atoms with E-state index in [1.54, 1.807) is 24.3 Å². The van der Waals surface area contributed by atoms with Gasteiger partial charge in [-0.3, -0.25) is 0 Å². The van der Waals surface area contributed by atoms with Crippen LogP contribution in [-0.4, -0.2) is 9.78 Å².